The van der Waals surface area contributed by atoms with Crippen LogP contribution in [0.15, 0.2) is 11.9 Å². The van der Waals surface area contributed by atoms with Gasteiger partial charge in [-0.3, -0.25) is 0 Å². The number of hydrogen-bond donors (Lipinski definition) is 1. The Morgan fingerprint density at radius 1 is 1.88 bits per heavy atom. The Bertz CT molecular complexity index is 122. The Morgan fingerprint density at radius 3 is 2.62 bits per heavy atom. The summed E-state index contributed by atoms with van der Waals surface area (Å²) in [6.45, 7) is 2.04. The number of alkyl halides is 1. The number of halogens is 1. The van der Waals surface area contributed by atoms with Crippen LogP contribution in [-0.2, 0) is 0 Å². The molecule has 46 valence electrons. The fraction of sp³-hybridized carbons (Fsp3) is 0.600. The van der Waals surface area contributed by atoms with E-state index in [0.717, 1.165) is 0 Å². The molecule has 1 aliphatic heterocycles. The van der Waals surface area contributed by atoms with Crippen molar-refractivity contribution < 1.29 is 0 Å². The van der Waals surface area contributed by atoms with Crippen molar-refractivity contribution in [2.75, 3.05) is 7.05 Å². The highest BCUT2D eigenvalue weighted by atomic mass is 79.9. The lowest BCUT2D eigenvalue weighted by Crippen LogP contribution is -2.26. The summed E-state index contributed by atoms with van der Waals surface area (Å²) in [5.74, 6) is 0. The maximum atomic E-state index is 3.41. The molecule has 3 heteroatoms. The molecule has 0 aromatic heterocycles. The molecular formula is C5H9BrN2. The molecular weight excluding hydrogens is 168 g/mol. The first kappa shape index (κ1) is 5.95. The van der Waals surface area contributed by atoms with Crippen LogP contribution >= 0.6 is 15.9 Å². The Morgan fingerprint density at radius 2 is 2.50 bits per heavy atom. The van der Waals surface area contributed by atoms with Crippen molar-refractivity contribution >= 4 is 15.9 Å². The standard InChI is InChI=1S/C5H9BrN2/c1-4-3-8(2)5(6)7-4/h3,5,7H,1-2H3. The third-order valence-corrected chi connectivity index (χ3v) is 1.98. The van der Waals surface area contributed by atoms with E-state index >= 15 is 0 Å². The average molecular weight is 177 g/mol. The first-order chi connectivity index (χ1) is 3.70. The van der Waals surface area contributed by atoms with Crippen molar-refractivity contribution in [3.8, 4) is 0 Å². The van der Waals surface area contributed by atoms with Gasteiger partial charge in [-0.15, -0.1) is 0 Å². The van der Waals surface area contributed by atoms with E-state index in [1.165, 1.54) is 5.70 Å². The lowest BCUT2D eigenvalue weighted by Gasteiger charge is -2.12. The molecule has 2 nitrogen and oxygen atoms in total. The molecule has 0 spiro atoms. The number of hydrogen-bond acceptors (Lipinski definition) is 2. The summed E-state index contributed by atoms with van der Waals surface area (Å²) >= 11 is 3.41. The second-order valence-corrected chi connectivity index (χ2v) is 2.83. The average Bonchev–Trinajstić information content (AvgIpc) is 1.85. The summed E-state index contributed by atoms with van der Waals surface area (Å²) in [6.07, 6.45) is 2.05. The van der Waals surface area contributed by atoms with Crippen molar-refractivity contribution in [2.24, 2.45) is 0 Å². The molecule has 1 heterocycles. The summed E-state index contributed by atoms with van der Waals surface area (Å²) in [5.41, 5.74) is 1.20. The van der Waals surface area contributed by atoms with E-state index in [1.807, 2.05) is 14.0 Å². The van der Waals surface area contributed by atoms with E-state index in [4.69, 9.17) is 0 Å². The largest absolute Gasteiger partial charge is 0.359 e. The fourth-order valence-corrected chi connectivity index (χ4v) is 1.18. The van der Waals surface area contributed by atoms with E-state index < -0.39 is 0 Å². The monoisotopic (exact) mass is 176 g/mol. The van der Waals surface area contributed by atoms with Crippen LogP contribution in [0.3, 0.4) is 0 Å². The quantitative estimate of drug-likeness (QED) is 0.439. The second kappa shape index (κ2) is 1.97. The molecule has 0 bridgehead atoms. The van der Waals surface area contributed by atoms with Crippen molar-refractivity contribution in [3.05, 3.63) is 11.9 Å². The molecule has 0 aromatic rings. The number of allylic oxidation sites excluding steroid dienone is 1. The summed E-state index contributed by atoms with van der Waals surface area (Å²) in [4.78, 5) is 2.06. The third kappa shape index (κ3) is 0.968. The van der Waals surface area contributed by atoms with Gasteiger partial charge in [-0.25, -0.2) is 0 Å². The van der Waals surface area contributed by atoms with Gasteiger partial charge in [0.2, 0.25) is 0 Å². The van der Waals surface area contributed by atoms with Gasteiger partial charge in [-0.05, 0) is 22.9 Å². The summed E-state index contributed by atoms with van der Waals surface area (Å²) in [5, 5.41) is 3.46. The minimum absolute atomic E-state index is 0.294. The van der Waals surface area contributed by atoms with E-state index in [0.29, 0.717) is 5.08 Å². The molecule has 1 atom stereocenters. The zero-order chi connectivity index (χ0) is 6.15. The molecule has 1 N–H and O–H groups in total. The Kier molecular flexibility index (Phi) is 1.47. The van der Waals surface area contributed by atoms with Crippen LogP contribution in [0.2, 0.25) is 0 Å². The molecule has 0 radical (unpaired) electrons. The highest BCUT2D eigenvalue weighted by molar-refractivity contribution is 9.09. The maximum Gasteiger partial charge on any atom is 0.156 e. The number of rotatable bonds is 0. The first-order valence-corrected chi connectivity index (χ1v) is 3.42. The molecule has 0 amide bonds. The van der Waals surface area contributed by atoms with Crippen molar-refractivity contribution in [2.45, 2.75) is 12.0 Å². The Balaban J connectivity index is 2.56. The van der Waals surface area contributed by atoms with Gasteiger partial charge in [0, 0.05) is 18.9 Å². The molecule has 0 saturated heterocycles. The normalized spacial score (nSPS) is 27.6. The van der Waals surface area contributed by atoms with Gasteiger partial charge >= 0.3 is 0 Å². The van der Waals surface area contributed by atoms with E-state index in [-0.39, 0.29) is 0 Å². The zero-order valence-electron chi connectivity index (χ0n) is 4.98. The zero-order valence-corrected chi connectivity index (χ0v) is 6.57. The number of nitrogens with zero attached hydrogens (tertiary/aromatic N) is 1. The lowest BCUT2D eigenvalue weighted by atomic mass is 10.6. The molecule has 0 aromatic carbocycles. The van der Waals surface area contributed by atoms with Gasteiger partial charge in [0.25, 0.3) is 0 Å². The molecule has 8 heavy (non-hydrogen) atoms. The molecule has 1 unspecified atom stereocenters. The van der Waals surface area contributed by atoms with Gasteiger partial charge in [0.15, 0.2) is 5.08 Å². The molecule has 0 aliphatic carbocycles. The summed E-state index contributed by atoms with van der Waals surface area (Å²) in [7, 11) is 2.02. The van der Waals surface area contributed by atoms with Gasteiger partial charge in [-0.1, -0.05) is 0 Å². The highest BCUT2D eigenvalue weighted by Gasteiger charge is 2.12. The van der Waals surface area contributed by atoms with Crippen LogP contribution in [0.5, 0.6) is 0 Å². The fourth-order valence-electron chi connectivity index (χ4n) is 0.698. The lowest BCUT2D eigenvalue weighted by molar-refractivity contribution is 0.443. The third-order valence-electron chi connectivity index (χ3n) is 1.10. The van der Waals surface area contributed by atoms with Crippen LogP contribution in [0.1, 0.15) is 6.92 Å². The van der Waals surface area contributed by atoms with E-state index in [9.17, 15) is 0 Å². The van der Waals surface area contributed by atoms with Crippen molar-refractivity contribution in [1.82, 2.24) is 10.2 Å². The van der Waals surface area contributed by atoms with Gasteiger partial charge in [-0.2, -0.15) is 0 Å². The second-order valence-electron chi connectivity index (χ2n) is 1.96. The summed E-state index contributed by atoms with van der Waals surface area (Å²) < 4.78 is 0. The van der Waals surface area contributed by atoms with Crippen LogP contribution in [0, 0.1) is 0 Å². The summed E-state index contributed by atoms with van der Waals surface area (Å²) in [6, 6.07) is 0. The molecule has 0 fully saturated rings. The Hall–Kier alpha value is -0.180. The minimum atomic E-state index is 0.294. The maximum absolute atomic E-state index is 3.41. The van der Waals surface area contributed by atoms with Crippen LogP contribution < -0.4 is 5.32 Å². The van der Waals surface area contributed by atoms with Crippen LogP contribution in [0.25, 0.3) is 0 Å². The topological polar surface area (TPSA) is 15.3 Å². The van der Waals surface area contributed by atoms with Crippen LogP contribution in [0.4, 0.5) is 0 Å². The molecule has 0 saturated carbocycles. The predicted molar refractivity (Wildman–Crippen MR) is 37.4 cm³/mol. The Labute approximate surface area is 57.7 Å². The van der Waals surface area contributed by atoms with Gasteiger partial charge in [0.1, 0.15) is 0 Å². The smallest absolute Gasteiger partial charge is 0.156 e. The predicted octanol–water partition coefficient (Wildman–Crippen LogP) is 1.06. The molecule has 1 rings (SSSR count). The highest BCUT2D eigenvalue weighted by Crippen LogP contribution is 2.11. The minimum Gasteiger partial charge on any atom is -0.359 e. The van der Waals surface area contributed by atoms with Crippen molar-refractivity contribution in [1.29, 1.82) is 0 Å². The van der Waals surface area contributed by atoms with Crippen molar-refractivity contribution in [3.63, 3.8) is 0 Å². The molecule has 1 aliphatic rings. The van der Waals surface area contributed by atoms with Gasteiger partial charge in [0.05, 0.1) is 0 Å². The van der Waals surface area contributed by atoms with Gasteiger partial charge < -0.3 is 10.2 Å². The first-order valence-electron chi connectivity index (χ1n) is 2.51. The number of nitrogens with one attached hydrogen (secondary N) is 1. The van der Waals surface area contributed by atoms with E-state index in [2.05, 4.69) is 32.3 Å². The SMILES string of the molecule is CC1=CN(C)C(Br)N1. The van der Waals surface area contributed by atoms with E-state index in [1.54, 1.807) is 0 Å². The van der Waals surface area contributed by atoms with Crippen LogP contribution in [-0.4, -0.2) is 17.0 Å².